The Morgan fingerprint density at radius 2 is 0.488 bits per heavy atom. The molecule has 0 N–H and O–H groups in total. The lowest BCUT2D eigenvalue weighted by molar-refractivity contribution is 0.635. The van der Waals surface area contributed by atoms with Crippen molar-refractivity contribution in [2.24, 2.45) is 0 Å². The monoisotopic (exact) mass is 546 g/mol. The Morgan fingerprint density at radius 1 is 0.256 bits per heavy atom. The van der Waals surface area contributed by atoms with Crippen molar-refractivity contribution in [1.82, 2.24) is 0 Å². The Bertz CT molecular complexity index is 1920. The van der Waals surface area contributed by atoms with Crippen molar-refractivity contribution in [1.29, 1.82) is 0 Å². The molecule has 0 aliphatic heterocycles. The van der Waals surface area contributed by atoms with E-state index in [2.05, 4.69) is 170 Å². The zero-order chi connectivity index (χ0) is 28.6. The summed E-state index contributed by atoms with van der Waals surface area (Å²) in [5, 5.41) is 9.66. The molecule has 0 unspecified atom stereocenters. The minimum Gasteiger partial charge on any atom is -0.484 e. The molecule has 0 bridgehead atoms. The molecule has 8 aromatic carbocycles. The summed E-state index contributed by atoms with van der Waals surface area (Å²) in [6.07, 6.45) is 0. The maximum Gasteiger partial charge on any atom is 0.348 e. The number of hydrogen-bond donors (Lipinski definition) is 0. The van der Waals surface area contributed by atoms with Gasteiger partial charge in [0.2, 0.25) is 0 Å². The summed E-state index contributed by atoms with van der Waals surface area (Å²) in [5.41, 5.74) is 4.67. The van der Waals surface area contributed by atoms with E-state index in [4.69, 9.17) is 4.57 Å². The second kappa shape index (κ2) is 10.9. The normalized spacial score (nSPS) is 11.3. The predicted octanol–water partition coefficient (Wildman–Crippen LogP) is 7.23. The van der Waals surface area contributed by atoms with E-state index in [0.717, 1.165) is 0 Å². The average Bonchev–Trinajstić information content (AvgIpc) is 3.08. The number of rotatable bonds is 6. The molecule has 0 amide bonds. The van der Waals surface area contributed by atoms with Gasteiger partial charge in [-0.2, -0.15) is 0 Å². The summed E-state index contributed by atoms with van der Waals surface area (Å²) in [6, 6.07) is 60.9. The highest BCUT2D eigenvalue weighted by Crippen LogP contribution is 2.20. The second-order valence-electron chi connectivity index (χ2n) is 11.2. The molecule has 0 aliphatic carbocycles. The van der Waals surface area contributed by atoms with Crippen LogP contribution >= 0.6 is 0 Å². The highest BCUT2D eigenvalue weighted by molar-refractivity contribution is 6.95. The highest BCUT2D eigenvalue weighted by atomic mass is 16.4. The molecule has 0 aliphatic rings. The molecule has 0 heterocycles. The van der Waals surface area contributed by atoms with E-state index in [9.17, 15) is 0 Å². The summed E-state index contributed by atoms with van der Waals surface area (Å²) in [7, 11) is 0. The molecule has 3 heteroatoms. The maximum absolute atomic E-state index is 7.63. The summed E-state index contributed by atoms with van der Waals surface area (Å²) >= 11 is 0. The molecular weight excluding hydrogens is 518 g/mol. The first-order chi connectivity index (χ1) is 21.3. The van der Waals surface area contributed by atoms with Crippen molar-refractivity contribution in [2.45, 2.75) is 0 Å². The number of hydrogen-bond acceptors (Lipinski definition) is 1. The molecule has 200 valence electrons. The summed E-state index contributed by atoms with van der Waals surface area (Å²) < 4.78 is 7.63. The highest BCUT2D eigenvalue weighted by Gasteiger charge is 2.34. The molecule has 8 rings (SSSR count). The smallest absolute Gasteiger partial charge is 0.348 e. The van der Waals surface area contributed by atoms with Crippen LogP contribution in [0.3, 0.4) is 0 Å². The van der Waals surface area contributed by atoms with Gasteiger partial charge in [-0.1, -0.05) is 170 Å². The van der Waals surface area contributed by atoms with Gasteiger partial charge in [-0.05, 0) is 64.9 Å². The average molecular weight is 546 g/mol. The third-order valence-electron chi connectivity index (χ3n) is 8.70. The lowest BCUT2D eigenvalue weighted by atomic mass is 9.46. The molecule has 0 spiro atoms. The van der Waals surface area contributed by atoms with Crippen LogP contribution in [0.1, 0.15) is 0 Å². The van der Waals surface area contributed by atoms with Crippen molar-refractivity contribution in [3.8, 4) is 0 Å². The topological polar surface area (TPSA) is 9.23 Å². The van der Waals surface area contributed by atoms with Crippen LogP contribution in [0, 0.1) is 0 Å². The van der Waals surface area contributed by atoms with Crippen LogP contribution in [-0.2, 0) is 4.57 Å². The van der Waals surface area contributed by atoms with Gasteiger partial charge in [-0.15, -0.1) is 0 Å². The fraction of sp³-hybridized carbons (Fsp3) is 0. The first-order valence-electron chi connectivity index (χ1n) is 14.9. The van der Waals surface area contributed by atoms with Gasteiger partial charge in [-0.25, -0.2) is 0 Å². The minimum atomic E-state index is -0.319. The van der Waals surface area contributed by atoms with Crippen LogP contribution < -0.4 is 21.9 Å². The maximum atomic E-state index is 7.63. The molecule has 1 nitrogen and oxygen atoms in total. The van der Waals surface area contributed by atoms with E-state index in [0.29, 0.717) is 0 Å². The van der Waals surface area contributed by atoms with Crippen LogP contribution in [0.5, 0.6) is 0 Å². The van der Waals surface area contributed by atoms with Gasteiger partial charge in [0, 0.05) is 0 Å². The lowest BCUT2D eigenvalue weighted by Crippen LogP contribution is -2.56. The van der Waals surface area contributed by atoms with E-state index >= 15 is 0 Å². The van der Waals surface area contributed by atoms with Crippen LogP contribution in [0.25, 0.3) is 43.1 Å². The van der Waals surface area contributed by atoms with E-state index in [1.807, 2.05) is 0 Å². The van der Waals surface area contributed by atoms with Crippen LogP contribution in [0.15, 0.2) is 170 Å². The van der Waals surface area contributed by atoms with Gasteiger partial charge < -0.3 is 4.57 Å². The Hall–Kier alpha value is -5.11. The molecule has 0 saturated heterocycles. The predicted molar refractivity (Wildman–Crippen MR) is 187 cm³/mol. The summed E-state index contributed by atoms with van der Waals surface area (Å²) in [5.74, 6) is 0. The van der Waals surface area contributed by atoms with Gasteiger partial charge in [0.05, 0.1) is 0 Å². The molecule has 43 heavy (non-hydrogen) atoms. The first kappa shape index (κ1) is 25.6. The van der Waals surface area contributed by atoms with Crippen molar-refractivity contribution in [3.05, 3.63) is 170 Å². The van der Waals surface area contributed by atoms with Crippen molar-refractivity contribution in [2.75, 3.05) is 0 Å². The molecule has 0 saturated carbocycles. The van der Waals surface area contributed by atoms with Gasteiger partial charge >= 0.3 is 13.8 Å². The van der Waals surface area contributed by atoms with Crippen molar-refractivity contribution >= 4 is 78.8 Å². The number of benzene rings is 8. The lowest BCUT2D eigenvalue weighted by Gasteiger charge is -2.26. The fourth-order valence-electron chi connectivity index (χ4n) is 6.68. The molecule has 0 fully saturated rings. The zero-order valence-corrected chi connectivity index (χ0v) is 23.7. The number of fused-ring (bicyclic) bond motifs is 4. The Kier molecular flexibility index (Phi) is 6.51. The second-order valence-corrected chi connectivity index (χ2v) is 11.2. The zero-order valence-electron chi connectivity index (χ0n) is 23.7. The van der Waals surface area contributed by atoms with Crippen molar-refractivity contribution in [3.63, 3.8) is 0 Å². The molecular formula is C40H28B2O. The van der Waals surface area contributed by atoms with Crippen molar-refractivity contribution < 1.29 is 4.57 Å². The Balaban J connectivity index is 1.42. The minimum absolute atomic E-state index is 0.319. The Labute approximate surface area is 252 Å². The molecule has 0 aromatic heterocycles. The van der Waals surface area contributed by atoms with Gasteiger partial charge in [-0.3, -0.25) is 0 Å². The first-order valence-corrected chi connectivity index (χ1v) is 14.9. The Morgan fingerprint density at radius 3 is 0.767 bits per heavy atom. The quantitative estimate of drug-likeness (QED) is 0.200. The molecule has 0 atom stereocenters. The van der Waals surface area contributed by atoms with Gasteiger partial charge in [0.25, 0.3) is 0 Å². The van der Waals surface area contributed by atoms with Crippen LogP contribution in [0.4, 0.5) is 0 Å². The third kappa shape index (κ3) is 4.59. The van der Waals surface area contributed by atoms with E-state index in [1.165, 1.54) is 64.9 Å². The van der Waals surface area contributed by atoms with Crippen LogP contribution in [0.2, 0.25) is 0 Å². The largest absolute Gasteiger partial charge is 0.484 e. The SMILES string of the molecule is c1ccc2c(B(OB(c3cccc4ccccc34)c3cccc4ccccc34)c3cccc4ccccc34)cccc2c1. The standard InChI is InChI=1S/C40H28B2O/c1-5-21-33-29(13-1)17-9-25-37(33)41(38-26-10-18-30-14-2-6-22-34(30)38)43-42(39-27-11-19-31-15-3-7-23-35(31)39)40-28-12-20-32-16-4-8-24-36(32)40/h1-28H. The van der Waals surface area contributed by atoms with Gasteiger partial charge in [0.1, 0.15) is 0 Å². The summed E-state index contributed by atoms with van der Waals surface area (Å²) in [4.78, 5) is 0. The molecule has 0 radical (unpaired) electrons. The third-order valence-corrected chi connectivity index (χ3v) is 8.70. The van der Waals surface area contributed by atoms with E-state index in [1.54, 1.807) is 0 Å². The van der Waals surface area contributed by atoms with Gasteiger partial charge in [0.15, 0.2) is 0 Å². The fourth-order valence-corrected chi connectivity index (χ4v) is 6.68. The van der Waals surface area contributed by atoms with E-state index in [-0.39, 0.29) is 13.8 Å². The van der Waals surface area contributed by atoms with Crippen LogP contribution in [-0.4, -0.2) is 13.8 Å². The van der Waals surface area contributed by atoms with E-state index < -0.39 is 0 Å². The summed E-state index contributed by atoms with van der Waals surface area (Å²) in [6.45, 7) is -0.639. The molecule has 8 aromatic rings.